The van der Waals surface area contributed by atoms with Gasteiger partial charge in [0.25, 0.3) is 5.69 Å². The first-order valence-electron chi connectivity index (χ1n) is 9.61. The second-order valence-corrected chi connectivity index (χ2v) is 7.89. The summed E-state index contributed by atoms with van der Waals surface area (Å²) in [5.74, 6) is 0. The zero-order valence-electron chi connectivity index (χ0n) is 15.9. The molecular formula is C22H24N2O4. The van der Waals surface area contributed by atoms with Gasteiger partial charge in [0.05, 0.1) is 23.2 Å². The van der Waals surface area contributed by atoms with Gasteiger partial charge in [0.1, 0.15) is 5.52 Å². The minimum absolute atomic E-state index is 0.0601. The summed E-state index contributed by atoms with van der Waals surface area (Å²) < 4.78 is 5.99. The molecule has 0 amide bonds. The Kier molecular flexibility index (Phi) is 4.91. The van der Waals surface area contributed by atoms with E-state index in [1.54, 1.807) is 6.07 Å². The number of benzene rings is 2. The maximum absolute atomic E-state index is 11.6. The van der Waals surface area contributed by atoms with E-state index in [1.807, 2.05) is 49.4 Å². The van der Waals surface area contributed by atoms with Gasteiger partial charge in [-0.1, -0.05) is 30.3 Å². The van der Waals surface area contributed by atoms with Gasteiger partial charge in [-0.25, -0.2) is 0 Å². The number of nitrogens with zero attached hydrogens (tertiary/aromatic N) is 1. The first kappa shape index (κ1) is 18.7. The van der Waals surface area contributed by atoms with Gasteiger partial charge in [-0.2, -0.15) is 0 Å². The highest BCUT2D eigenvalue weighted by Crippen LogP contribution is 2.33. The van der Waals surface area contributed by atoms with Gasteiger partial charge >= 0.3 is 0 Å². The van der Waals surface area contributed by atoms with Crippen LogP contribution in [0, 0.1) is 10.1 Å². The molecule has 2 aromatic carbocycles. The fraction of sp³-hybridized carbons (Fsp3) is 0.364. The molecule has 28 heavy (non-hydrogen) atoms. The van der Waals surface area contributed by atoms with Crippen LogP contribution in [0.25, 0.3) is 22.2 Å². The number of hydrogen-bond donors (Lipinski definition) is 2. The minimum atomic E-state index is -0.601. The summed E-state index contributed by atoms with van der Waals surface area (Å²) in [4.78, 5) is 14.4. The lowest BCUT2D eigenvalue weighted by Gasteiger charge is -2.32. The summed E-state index contributed by atoms with van der Waals surface area (Å²) in [5, 5.41) is 22.5. The SMILES string of the molecule is CC1(O)CCC(OCc2cc([N+](=O)[O-])c3[nH]c(-c4ccccc4)cc3c2)CC1. The zero-order chi connectivity index (χ0) is 19.7. The van der Waals surface area contributed by atoms with Crippen molar-refractivity contribution in [2.45, 2.75) is 50.9 Å². The Balaban J connectivity index is 1.58. The molecule has 0 unspecified atom stereocenters. The van der Waals surface area contributed by atoms with Crippen molar-refractivity contribution < 1.29 is 14.8 Å². The number of non-ortho nitro benzene ring substituents is 1. The number of aliphatic hydroxyl groups is 1. The van der Waals surface area contributed by atoms with Crippen molar-refractivity contribution in [3.8, 4) is 11.3 Å². The van der Waals surface area contributed by atoms with E-state index in [2.05, 4.69) is 4.98 Å². The summed E-state index contributed by atoms with van der Waals surface area (Å²) >= 11 is 0. The van der Waals surface area contributed by atoms with E-state index in [1.165, 1.54) is 0 Å². The molecule has 1 aliphatic carbocycles. The Morgan fingerprint density at radius 1 is 1.21 bits per heavy atom. The van der Waals surface area contributed by atoms with E-state index in [4.69, 9.17) is 4.74 Å². The first-order valence-corrected chi connectivity index (χ1v) is 9.61. The Morgan fingerprint density at radius 2 is 1.93 bits per heavy atom. The molecule has 2 N–H and O–H groups in total. The molecule has 1 aliphatic rings. The van der Waals surface area contributed by atoms with Gasteiger partial charge in [-0.3, -0.25) is 10.1 Å². The van der Waals surface area contributed by atoms with E-state index in [0.29, 0.717) is 12.1 Å². The molecule has 0 radical (unpaired) electrons. The average molecular weight is 380 g/mol. The van der Waals surface area contributed by atoms with Gasteiger partial charge in [0, 0.05) is 17.1 Å². The average Bonchev–Trinajstić information content (AvgIpc) is 3.11. The fourth-order valence-electron chi connectivity index (χ4n) is 3.88. The van der Waals surface area contributed by atoms with Crippen LogP contribution in [0.3, 0.4) is 0 Å². The quantitative estimate of drug-likeness (QED) is 0.484. The van der Waals surface area contributed by atoms with Crippen LogP contribution in [-0.4, -0.2) is 26.7 Å². The highest BCUT2D eigenvalue weighted by molar-refractivity contribution is 5.92. The van der Waals surface area contributed by atoms with E-state index in [9.17, 15) is 15.2 Å². The molecule has 1 fully saturated rings. The van der Waals surface area contributed by atoms with Crippen molar-refractivity contribution in [3.63, 3.8) is 0 Å². The molecule has 6 heteroatoms. The normalized spacial score (nSPS) is 22.4. The number of rotatable bonds is 5. The number of ether oxygens (including phenoxy) is 1. The first-order chi connectivity index (χ1) is 13.4. The maximum atomic E-state index is 11.6. The van der Waals surface area contributed by atoms with E-state index in [-0.39, 0.29) is 16.7 Å². The molecular weight excluding hydrogens is 356 g/mol. The second kappa shape index (κ2) is 7.37. The molecule has 1 heterocycles. The lowest BCUT2D eigenvalue weighted by atomic mass is 9.85. The van der Waals surface area contributed by atoms with Gasteiger partial charge in [0.15, 0.2) is 0 Å². The highest BCUT2D eigenvalue weighted by atomic mass is 16.6. The predicted molar refractivity (Wildman–Crippen MR) is 108 cm³/mol. The van der Waals surface area contributed by atoms with Gasteiger partial charge in [-0.05, 0) is 55.9 Å². The molecule has 146 valence electrons. The summed E-state index contributed by atoms with van der Waals surface area (Å²) in [6.45, 7) is 2.19. The monoisotopic (exact) mass is 380 g/mol. The summed E-state index contributed by atoms with van der Waals surface area (Å²) in [6.07, 6.45) is 3.13. The molecule has 0 aliphatic heterocycles. The predicted octanol–water partition coefficient (Wildman–Crippen LogP) is 4.95. The number of aromatic amines is 1. The number of hydrogen-bond acceptors (Lipinski definition) is 4. The lowest BCUT2D eigenvalue weighted by Crippen LogP contribution is -2.33. The van der Waals surface area contributed by atoms with Crippen molar-refractivity contribution in [3.05, 3.63) is 64.2 Å². The third kappa shape index (κ3) is 3.93. The third-order valence-corrected chi connectivity index (χ3v) is 5.54. The third-order valence-electron chi connectivity index (χ3n) is 5.54. The molecule has 6 nitrogen and oxygen atoms in total. The Labute approximate surface area is 163 Å². The molecule has 1 aromatic heterocycles. The van der Waals surface area contributed by atoms with Crippen LogP contribution < -0.4 is 0 Å². The van der Waals surface area contributed by atoms with Crippen LogP contribution in [0.15, 0.2) is 48.5 Å². The zero-order valence-corrected chi connectivity index (χ0v) is 15.9. The molecule has 0 bridgehead atoms. The van der Waals surface area contributed by atoms with Crippen molar-refractivity contribution in [1.29, 1.82) is 0 Å². The van der Waals surface area contributed by atoms with E-state index in [0.717, 1.165) is 47.9 Å². The molecule has 4 rings (SSSR count). The standard InChI is InChI=1S/C22H24N2O4/c1-22(25)9-7-18(8-10-22)28-14-15-11-17-13-19(16-5-3-2-4-6-16)23-21(17)20(12-15)24(26)27/h2-6,11-13,18,23,25H,7-10,14H2,1H3. The number of nitro groups is 1. The Morgan fingerprint density at radius 3 is 2.61 bits per heavy atom. The highest BCUT2D eigenvalue weighted by Gasteiger charge is 2.29. The van der Waals surface area contributed by atoms with Crippen molar-refractivity contribution >= 4 is 16.6 Å². The second-order valence-electron chi connectivity index (χ2n) is 7.89. The van der Waals surface area contributed by atoms with Crippen LogP contribution in [0.2, 0.25) is 0 Å². The van der Waals surface area contributed by atoms with Crippen LogP contribution >= 0.6 is 0 Å². The van der Waals surface area contributed by atoms with Crippen molar-refractivity contribution in [2.24, 2.45) is 0 Å². The largest absolute Gasteiger partial charge is 0.390 e. The van der Waals surface area contributed by atoms with Crippen LogP contribution in [0.1, 0.15) is 38.2 Å². The smallest absolute Gasteiger partial charge is 0.293 e. The van der Waals surface area contributed by atoms with Gasteiger partial charge < -0.3 is 14.8 Å². The number of nitro benzene ring substituents is 1. The molecule has 3 aromatic rings. The van der Waals surface area contributed by atoms with Crippen LogP contribution in [0.5, 0.6) is 0 Å². The van der Waals surface area contributed by atoms with Gasteiger partial charge in [-0.15, -0.1) is 0 Å². The summed E-state index contributed by atoms with van der Waals surface area (Å²) in [5.41, 5.74) is 2.61. The number of nitrogens with one attached hydrogen (secondary N) is 1. The molecule has 0 saturated heterocycles. The van der Waals surface area contributed by atoms with Crippen LogP contribution in [0.4, 0.5) is 5.69 Å². The van der Waals surface area contributed by atoms with E-state index >= 15 is 0 Å². The van der Waals surface area contributed by atoms with Crippen molar-refractivity contribution in [2.75, 3.05) is 0 Å². The lowest BCUT2D eigenvalue weighted by molar-refractivity contribution is -0.383. The minimum Gasteiger partial charge on any atom is -0.390 e. The maximum Gasteiger partial charge on any atom is 0.293 e. The summed E-state index contributed by atoms with van der Waals surface area (Å²) in [6, 6.07) is 15.2. The van der Waals surface area contributed by atoms with Crippen molar-refractivity contribution in [1.82, 2.24) is 4.98 Å². The van der Waals surface area contributed by atoms with Crippen LogP contribution in [-0.2, 0) is 11.3 Å². The van der Waals surface area contributed by atoms with E-state index < -0.39 is 5.60 Å². The summed E-state index contributed by atoms with van der Waals surface area (Å²) in [7, 11) is 0. The fourth-order valence-corrected chi connectivity index (χ4v) is 3.88. The molecule has 1 saturated carbocycles. The number of fused-ring (bicyclic) bond motifs is 1. The molecule has 0 spiro atoms. The Hall–Kier alpha value is -2.70. The Bertz CT molecular complexity index is 984. The molecule has 0 atom stereocenters. The number of H-pyrrole nitrogens is 1. The topological polar surface area (TPSA) is 88.4 Å². The van der Waals surface area contributed by atoms with Gasteiger partial charge in [0.2, 0.25) is 0 Å². The number of aromatic nitrogens is 1.